The third-order valence-electron chi connectivity index (χ3n) is 3.31. The average molecular weight is 311 g/mol. The highest BCUT2D eigenvalue weighted by Gasteiger charge is 2.15. The maximum atomic E-state index is 11.8. The van der Waals surface area contributed by atoms with E-state index in [0.29, 0.717) is 24.6 Å². The molecule has 1 aliphatic heterocycles. The van der Waals surface area contributed by atoms with E-state index in [1.807, 2.05) is 11.8 Å². The number of likely N-dealkylation sites (tertiary alicyclic amines) is 1. The van der Waals surface area contributed by atoms with E-state index in [9.17, 15) is 9.59 Å². The molecule has 1 aromatic rings. The number of nitrogens with one attached hydrogen (secondary N) is 2. The quantitative estimate of drug-likeness (QED) is 0.811. The van der Waals surface area contributed by atoms with E-state index >= 15 is 0 Å². The maximum Gasteiger partial charge on any atom is 0.321 e. The molecule has 0 atom stereocenters. The Morgan fingerprint density at radius 3 is 2.95 bits per heavy atom. The van der Waals surface area contributed by atoms with Gasteiger partial charge < -0.3 is 10.2 Å². The molecule has 0 aliphatic carbocycles. The van der Waals surface area contributed by atoms with Crippen LogP contribution in [0.15, 0.2) is 0 Å². The number of hydrogen-bond acceptors (Lipinski definition) is 5. The third-order valence-corrected chi connectivity index (χ3v) is 4.06. The second-order valence-electron chi connectivity index (χ2n) is 5.05. The van der Waals surface area contributed by atoms with E-state index < -0.39 is 0 Å². The Kier molecular flexibility index (Phi) is 5.91. The van der Waals surface area contributed by atoms with Crippen LogP contribution in [0.1, 0.15) is 37.1 Å². The molecular weight excluding hydrogens is 290 g/mol. The minimum absolute atomic E-state index is 0.237. The zero-order valence-corrected chi connectivity index (χ0v) is 13.0. The van der Waals surface area contributed by atoms with Crippen LogP contribution in [0.3, 0.4) is 0 Å². The molecule has 2 N–H and O–H groups in total. The second-order valence-corrected chi connectivity index (χ2v) is 6.23. The van der Waals surface area contributed by atoms with Crippen molar-refractivity contribution in [1.29, 1.82) is 0 Å². The molecule has 21 heavy (non-hydrogen) atoms. The smallest absolute Gasteiger partial charge is 0.321 e. The van der Waals surface area contributed by atoms with Crippen LogP contribution in [-0.4, -0.2) is 46.7 Å². The molecule has 1 aromatic heterocycles. The summed E-state index contributed by atoms with van der Waals surface area (Å²) in [7, 11) is 0. The number of rotatable bonds is 5. The summed E-state index contributed by atoms with van der Waals surface area (Å²) in [5, 5.41) is 14.3. The van der Waals surface area contributed by atoms with E-state index in [1.165, 1.54) is 11.3 Å². The lowest BCUT2D eigenvalue weighted by atomic mass is 10.2. The fourth-order valence-electron chi connectivity index (χ4n) is 2.24. The lowest BCUT2D eigenvalue weighted by Crippen LogP contribution is -2.35. The Labute approximate surface area is 128 Å². The molecule has 1 saturated heterocycles. The summed E-state index contributed by atoms with van der Waals surface area (Å²) in [6.07, 6.45) is 4.62. The van der Waals surface area contributed by atoms with Gasteiger partial charge in [0.1, 0.15) is 5.01 Å². The number of anilines is 1. The number of aryl methyl sites for hydroxylation is 1. The van der Waals surface area contributed by atoms with Crippen molar-refractivity contribution in [3.63, 3.8) is 0 Å². The molecule has 0 radical (unpaired) electrons. The maximum absolute atomic E-state index is 11.8. The van der Waals surface area contributed by atoms with Crippen LogP contribution in [0.5, 0.6) is 0 Å². The van der Waals surface area contributed by atoms with Gasteiger partial charge in [-0.25, -0.2) is 4.79 Å². The predicted molar refractivity (Wildman–Crippen MR) is 81.3 cm³/mol. The van der Waals surface area contributed by atoms with Crippen molar-refractivity contribution < 1.29 is 9.59 Å². The second kappa shape index (κ2) is 7.92. The van der Waals surface area contributed by atoms with E-state index in [-0.39, 0.29) is 11.9 Å². The first kappa shape index (κ1) is 15.7. The highest BCUT2D eigenvalue weighted by Crippen LogP contribution is 2.13. The Morgan fingerprint density at radius 1 is 1.33 bits per heavy atom. The van der Waals surface area contributed by atoms with Crippen LogP contribution in [0.4, 0.5) is 9.93 Å². The molecule has 3 amide bonds. The minimum atomic E-state index is -0.284. The summed E-state index contributed by atoms with van der Waals surface area (Å²) in [6, 6.07) is -0.284. The summed E-state index contributed by atoms with van der Waals surface area (Å²) in [5.74, 6) is 0.237. The first-order chi connectivity index (χ1) is 10.1. The molecule has 2 rings (SSSR count). The number of carbonyl (C=O) groups excluding carboxylic acids is 2. The molecule has 1 fully saturated rings. The Balaban J connectivity index is 1.62. The number of nitrogens with zero attached hydrogens (tertiary/aromatic N) is 3. The zero-order chi connectivity index (χ0) is 15.1. The Bertz CT molecular complexity index is 491. The summed E-state index contributed by atoms with van der Waals surface area (Å²) in [4.78, 5) is 25.3. The van der Waals surface area contributed by atoms with E-state index in [2.05, 4.69) is 20.8 Å². The van der Waals surface area contributed by atoms with Gasteiger partial charge in [0.15, 0.2) is 0 Å². The fraction of sp³-hybridized carbons (Fsp3) is 0.692. The van der Waals surface area contributed by atoms with Crippen molar-refractivity contribution in [3.8, 4) is 0 Å². The molecule has 1 aliphatic rings. The van der Waals surface area contributed by atoms with Crippen molar-refractivity contribution in [2.45, 2.75) is 39.0 Å². The van der Waals surface area contributed by atoms with Gasteiger partial charge in [0.05, 0.1) is 0 Å². The lowest BCUT2D eigenvalue weighted by Gasteiger charge is -2.20. The Morgan fingerprint density at radius 2 is 2.19 bits per heavy atom. The number of hydrogen-bond donors (Lipinski definition) is 2. The van der Waals surface area contributed by atoms with Gasteiger partial charge in [-0.1, -0.05) is 17.8 Å². The van der Waals surface area contributed by atoms with E-state index in [4.69, 9.17) is 0 Å². The fourth-order valence-corrected chi connectivity index (χ4v) is 2.82. The molecule has 2 heterocycles. The van der Waals surface area contributed by atoms with Crippen LogP contribution in [0.25, 0.3) is 0 Å². The van der Waals surface area contributed by atoms with Crippen molar-refractivity contribution >= 4 is 28.4 Å². The monoisotopic (exact) mass is 311 g/mol. The first-order valence-electron chi connectivity index (χ1n) is 7.28. The minimum Gasteiger partial charge on any atom is -0.343 e. The number of urea groups is 1. The standard InChI is InChI=1S/C13H21N5O2S/c1-10-16-17-13(21-10)15-12(20)14-7-5-9-18-8-4-2-3-6-11(18)19/h2-9H2,1H3,(H2,14,15,17,20). The van der Waals surface area contributed by atoms with Crippen molar-refractivity contribution in [2.24, 2.45) is 0 Å². The normalized spacial score (nSPS) is 15.7. The van der Waals surface area contributed by atoms with Crippen molar-refractivity contribution in [3.05, 3.63) is 5.01 Å². The lowest BCUT2D eigenvalue weighted by molar-refractivity contribution is -0.130. The molecule has 8 heteroatoms. The number of amides is 3. The van der Waals surface area contributed by atoms with E-state index in [0.717, 1.165) is 37.2 Å². The molecule has 0 unspecified atom stereocenters. The van der Waals surface area contributed by atoms with Gasteiger partial charge in [0.25, 0.3) is 0 Å². The van der Waals surface area contributed by atoms with Gasteiger partial charge in [-0.05, 0) is 26.2 Å². The molecule has 0 bridgehead atoms. The Hall–Kier alpha value is -1.70. The highest BCUT2D eigenvalue weighted by molar-refractivity contribution is 7.15. The third kappa shape index (κ3) is 5.30. The number of carbonyl (C=O) groups is 2. The summed E-state index contributed by atoms with van der Waals surface area (Å²) >= 11 is 1.33. The van der Waals surface area contributed by atoms with Gasteiger partial charge in [-0.2, -0.15) is 0 Å². The topological polar surface area (TPSA) is 87.2 Å². The molecule has 0 aromatic carbocycles. The van der Waals surface area contributed by atoms with Gasteiger partial charge in [0, 0.05) is 26.1 Å². The van der Waals surface area contributed by atoms with Crippen LogP contribution in [0, 0.1) is 6.92 Å². The van der Waals surface area contributed by atoms with Gasteiger partial charge in [-0.15, -0.1) is 10.2 Å². The summed E-state index contributed by atoms with van der Waals surface area (Å²) in [6.45, 7) is 3.92. The summed E-state index contributed by atoms with van der Waals surface area (Å²) < 4.78 is 0. The predicted octanol–water partition coefficient (Wildman–Crippen LogP) is 1.76. The molecule has 0 spiro atoms. The van der Waals surface area contributed by atoms with Crippen LogP contribution < -0.4 is 10.6 Å². The van der Waals surface area contributed by atoms with Crippen LogP contribution in [-0.2, 0) is 4.79 Å². The van der Waals surface area contributed by atoms with Crippen molar-refractivity contribution in [2.75, 3.05) is 25.0 Å². The molecule has 116 valence electrons. The van der Waals surface area contributed by atoms with Crippen LogP contribution in [0.2, 0.25) is 0 Å². The zero-order valence-electron chi connectivity index (χ0n) is 12.2. The van der Waals surface area contributed by atoms with Gasteiger partial charge in [0.2, 0.25) is 11.0 Å². The van der Waals surface area contributed by atoms with Gasteiger partial charge in [-0.3, -0.25) is 10.1 Å². The average Bonchev–Trinajstić information content (AvgIpc) is 2.74. The largest absolute Gasteiger partial charge is 0.343 e. The van der Waals surface area contributed by atoms with Gasteiger partial charge >= 0.3 is 6.03 Å². The van der Waals surface area contributed by atoms with E-state index in [1.54, 1.807) is 0 Å². The first-order valence-corrected chi connectivity index (χ1v) is 8.09. The SMILES string of the molecule is Cc1nnc(NC(=O)NCCCN2CCCCCC2=O)s1. The van der Waals surface area contributed by atoms with Crippen LogP contribution >= 0.6 is 11.3 Å². The summed E-state index contributed by atoms with van der Waals surface area (Å²) in [5.41, 5.74) is 0. The molecule has 7 nitrogen and oxygen atoms in total. The molecule has 0 saturated carbocycles. The number of aromatic nitrogens is 2. The van der Waals surface area contributed by atoms with Crippen molar-refractivity contribution in [1.82, 2.24) is 20.4 Å². The molecular formula is C13H21N5O2S. The highest BCUT2D eigenvalue weighted by atomic mass is 32.1.